The summed E-state index contributed by atoms with van der Waals surface area (Å²) in [6.45, 7) is 3.24. The average Bonchev–Trinajstić information content (AvgIpc) is 2.80. The smallest absolute Gasteiger partial charge is 0.271 e. The molecule has 1 amide bonds. The van der Waals surface area contributed by atoms with Crippen molar-refractivity contribution in [2.24, 2.45) is 0 Å². The van der Waals surface area contributed by atoms with E-state index in [9.17, 15) is 13.2 Å². The van der Waals surface area contributed by atoms with Gasteiger partial charge in [-0.25, -0.2) is 8.42 Å². The summed E-state index contributed by atoms with van der Waals surface area (Å²) in [7, 11) is -3.62. The molecule has 112 valence electrons. The van der Waals surface area contributed by atoms with Crippen molar-refractivity contribution in [1.29, 1.82) is 0 Å². The summed E-state index contributed by atoms with van der Waals surface area (Å²) in [5.41, 5.74) is 1.83. The normalized spacial score (nSPS) is 11.2. The second-order valence-corrected chi connectivity index (χ2v) is 8.75. The van der Waals surface area contributed by atoms with Gasteiger partial charge in [0.05, 0.1) is 9.47 Å². The number of carbonyl (C=O) groups is 1. The molecule has 8 heteroatoms. The molecule has 5 nitrogen and oxygen atoms in total. The first kappa shape index (κ1) is 16.0. The third kappa shape index (κ3) is 4.05. The van der Waals surface area contributed by atoms with Gasteiger partial charge in [-0.2, -0.15) is 0 Å². The minimum absolute atomic E-state index is 0.208. The van der Waals surface area contributed by atoms with Gasteiger partial charge < -0.3 is 5.32 Å². The predicted octanol–water partition coefficient (Wildman–Crippen LogP) is 3.58. The average molecular weight is 389 g/mol. The van der Waals surface area contributed by atoms with E-state index in [1.54, 1.807) is 24.3 Å². The summed E-state index contributed by atoms with van der Waals surface area (Å²) in [6.07, 6.45) is 0. The van der Waals surface area contributed by atoms with Crippen LogP contribution in [0, 0.1) is 6.92 Å². The molecule has 0 atom stereocenters. The molecule has 0 aliphatic heterocycles. The maximum Gasteiger partial charge on any atom is 0.271 e. The number of aryl methyl sites for hydroxylation is 1. The van der Waals surface area contributed by atoms with Crippen molar-refractivity contribution in [2.45, 2.75) is 18.1 Å². The van der Waals surface area contributed by atoms with Gasteiger partial charge in [-0.1, -0.05) is 6.07 Å². The van der Waals surface area contributed by atoms with E-state index in [0.717, 1.165) is 20.7 Å². The Hall–Kier alpha value is -1.38. The first-order valence-electron chi connectivity index (χ1n) is 5.94. The van der Waals surface area contributed by atoms with Crippen LogP contribution in [0.3, 0.4) is 0 Å². The Balaban J connectivity index is 2.29. The Kier molecular flexibility index (Phi) is 4.70. The molecule has 0 aliphatic carbocycles. The highest BCUT2D eigenvalue weighted by molar-refractivity contribution is 9.11. The Bertz CT molecular complexity index is 784. The molecule has 1 aromatic heterocycles. The van der Waals surface area contributed by atoms with Crippen molar-refractivity contribution >= 4 is 54.6 Å². The van der Waals surface area contributed by atoms with Gasteiger partial charge in [0.25, 0.3) is 10.0 Å². The molecule has 2 rings (SSSR count). The van der Waals surface area contributed by atoms with E-state index in [-0.39, 0.29) is 10.1 Å². The van der Waals surface area contributed by atoms with E-state index in [1.807, 2.05) is 6.92 Å². The number of amides is 1. The minimum Gasteiger partial charge on any atom is -0.326 e. The number of benzene rings is 1. The third-order valence-electron chi connectivity index (χ3n) is 2.61. The molecule has 0 spiro atoms. The lowest BCUT2D eigenvalue weighted by atomic mass is 10.2. The van der Waals surface area contributed by atoms with Crippen molar-refractivity contribution in [3.8, 4) is 0 Å². The number of hydrogen-bond acceptors (Lipinski definition) is 4. The van der Waals surface area contributed by atoms with E-state index in [0.29, 0.717) is 11.4 Å². The number of thiophene rings is 1. The molecule has 1 heterocycles. The lowest BCUT2D eigenvalue weighted by Crippen LogP contribution is -2.12. The molecule has 2 aromatic rings. The number of anilines is 2. The third-order valence-corrected chi connectivity index (χ3v) is 6.11. The fraction of sp³-hybridized carbons (Fsp3) is 0.154. The number of carbonyl (C=O) groups excluding carboxylic acids is 1. The summed E-state index contributed by atoms with van der Waals surface area (Å²) in [6, 6.07) is 8.20. The van der Waals surface area contributed by atoms with Gasteiger partial charge in [0.15, 0.2) is 0 Å². The standard InChI is InChI=1S/C13H13BrN2O3S2/c1-8-3-4-10(7-11(8)15-9(2)17)16-21(18,19)13-6-5-12(14)20-13/h3-7,16H,1-2H3,(H,15,17). The van der Waals surface area contributed by atoms with E-state index in [2.05, 4.69) is 26.0 Å². The maximum absolute atomic E-state index is 12.2. The quantitative estimate of drug-likeness (QED) is 0.840. The fourth-order valence-electron chi connectivity index (χ4n) is 1.66. The molecular formula is C13H13BrN2O3S2. The Morgan fingerprint density at radius 1 is 1.24 bits per heavy atom. The van der Waals surface area contributed by atoms with Gasteiger partial charge in [-0.3, -0.25) is 9.52 Å². The minimum atomic E-state index is -3.62. The van der Waals surface area contributed by atoms with Crippen LogP contribution in [0.25, 0.3) is 0 Å². The summed E-state index contributed by atoms with van der Waals surface area (Å²) in [5, 5.41) is 2.66. The van der Waals surface area contributed by atoms with Crippen LogP contribution in [0.4, 0.5) is 11.4 Å². The number of halogens is 1. The van der Waals surface area contributed by atoms with Crippen LogP contribution in [-0.2, 0) is 14.8 Å². The first-order valence-corrected chi connectivity index (χ1v) is 9.03. The zero-order valence-corrected chi connectivity index (χ0v) is 14.5. The van der Waals surface area contributed by atoms with Gasteiger partial charge >= 0.3 is 0 Å². The van der Waals surface area contributed by atoms with E-state index in [4.69, 9.17) is 0 Å². The van der Waals surface area contributed by atoms with Crippen molar-refractivity contribution in [2.75, 3.05) is 10.0 Å². The Morgan fingerprint density at radius 2 is 1.95 bits per heavy atom. The van der Waals surface area contributed by atoms with Crippen LogP contribution < -0.4 is 10.0 Å². The summed E-state index contributed by atoms with van der Waals surface area (Å²) in [4.78, 5) is 11.1. The van der Waals surface area contributed by atoms with Gasteiger partial charge in [0, 0.05) is 12.6 Å². The van der Waals surface area contributed by atoms with Crippen molar-refractivity contribution < 1.29 is 13.2 Å². The lowest BCUT2D eigenvalue weighted by molar-refractivity contribution is -0.114. The van der Waals surface area contributed by atoms with Crippen LogP contribution in [0.15, 0.2) is 38.3 Å². The van der Waals surface area contributed by atoms with Crippen molar-refractivity contribution in [3.63, 3.8) is 0 Å². The van der Waals surface area contributed by atoms with Crippen molar-refractivity contribution in [3.05, 3.63) is 39.7 Å². The highest BCUT2D eigenvalue weighted by Crippen LogP contribution is 2.28. The first-order chi connectivity index (χ1) is 9.78. The van der Waals surface area contributed by atoms with Gasteiger partial charge in [0.2, 0.25) is 5.91 Å². The van der Waals surface area contributed by atoms with Gasteiger partial charge in [-0.15, -0.1) is 11.3 Å². The number of hydrogen-bond donors (Lipinski definition) is 2. The molecule has 0 aliphatic rings. The molecular weight excluding hydrogens is 376 g/mol. The fourth-order valence-corrected chi connectivity index (χ4v) is 4.72. The summed E-state index contributed by atoms with van der Waals surface area (Å²) in [5.74, 6) is -0.208. The lowest BCUT2D eigenvalue weighted by Gasteiger charge is -2.11. The zero-order chi connectivity index (χ0) is 15.6. The van der Waals surface area contributed by atoms with Crippen LogP contribution in [0.2, 0.25) is 0 Å². The number of nitrogens with one attached hydrogen (secondary N) is 2. The Morgan fingerprint density at radius 3 is 2.52 bits per heavy atom. The molecule has 0 saturated carbocycles. The second kappa shape index (κ2) is 6.17. The molecule has 0 fully saturated rings. The second-order valence-electron chi connectivity index (χ2n) is 4.37. The van der Waals surface area contributed by atoms with E-state index in [1.165, 1.54) is 13.0 Å². The monoisotopic (exact) mass is 388 g/mol. The van der Waals surface area contributed by atoms with Crippen molar-refractivity contribution in [1.82, 2.24) is 0 Å². The molecule has 21 heavy (non-hydrogen) atoms. The predicted molar refractivity (Wildman–Crippen MR) is 88.3 cm³/mol. The maximum atomic E-state index is 12.2. The molecule has 0 unspecified atom stereocenters. The number of rotatable bonds is 4. The highest BCUT2D eigenvalue weighted by Gasteiger charge is 2.17. The topological polar surface area (TPSA) is 75.3 Å². The molecule has 2 N–H and O–H groups in total. The molecule has 1 aromatic carbocycles. The van der Waals surface area contributed by atoms with Gasteiger partial charge in [-0.05, 0) is 52.7 Å². The van der Waals surface area contributed by atoms with Crippen LogP contribution in [-0.4, -0.2) is 14.3 Å². The Labute approximate surface area is 135 Å². The SMILES string of the molecule is CC(=O)Nc1cc(NS(=O)(=O)c2ccc(Br)s2)ccc1C. The molecule has 0 bridgehead atoms. The largest absolute Gasteiger partial charge is 0.326 e. The van der Waals surface area contributed by atoms with Crippen LogP contribution >= 0.6 is 27.3 Å². The van der Waals surface area contributed by atoms with Crippen LogP contribution in [0.1, 0.15) is 12.5 Å². The van der Waals surface area contributed by atoms with E-state index >= 15 is 0 Å². The van der Waals surface area contributed by atoms with Gasteiger partial charge in [0.1, 0.15) is 4.21 Å². The molecule has 0 saturated heterocycles. The van der Waals surface area contributed by atoms with E-state index < -0.39 is 10.0 Å². The highest BCUT2D eigenvalue weighted by atomic mass is 79.9. The van der Waals surface area contributed by atoms with Crippen LogP contribution in [0.5, 0.6) is 0 Å². The number of sulfonamides is 1. The summed E-state index contributed by atoms with van der Waals surface area (Å²) >= 11 is 4.37. The summed E-state index contributed by atoms with van der Waals surface area (Å²) < 4.78 is 27.9. The zero-order valence-electron chi connectivity index (χ0n) is 11.3. The molecule has 0 radical (unpaired) electrons.